The zero-order valence-corrected chi connectivity index (χ0v) is 9.24. The number of aliphatic carboxylic acids is 1. The van der Waals surface area contributed by atoms with E-state index >= 15 is 0 Å². The lowest BCUT2D eigenvalue weighted by molar-refractivity contribution is -0.144. The molecule has 5 heteroatoms. The third kappa shape index (κ3) is 2.54. The molecule has 0 aliphatic heterocycles. The number of halogens is 2. The number of hydrogen-bond donors (Lipinski definition) is 1. The number of carboxylic acids is 1. The van der Waals surface area contributed by atoms with Gasteiger partial charge in [0.25, 0.3) is 0 Å². The summed E-state index contributed by atoms with van der Waals surface area (Å²) in [7, 11) is 0. The van der Waals surface area contributed by atoms with Gasteiger partial charge in [0.05, 0.1) is 0 Å². The van der Waals surface area contributed by atoms with E-state index in [0.29, 0.717) is 11.6 Å². The van der Waals surface area contributed by atoms with Gasteiger partial charge in [-0.3, -0.25) is 0 Å². The van der Waals surface area contributed by atoms with Crippen LogP contribution >= 0.6 is 0 Å². The van der Waals surface area contributed by atoms with Gasteiger partial charge in [0.1, 0.15) is 5.82 Å². The van der Waals surface area contributed by atoms with Crippen LogP contribution in [-0.4, -0.2) is 17.2 Å². The Morgan fingerprint density at radius 3 is 2.65 bits per heavy atom. The zero-order chi connectivity index (χ0) is 12.6. The lowest BCUT2D eigenvalue weighted by atomic mass is 10.1. The fourth-order valence-electron chi connectivity index (χ4n) is 1.63. The molecule has 2 rings (SSSR count). The van der Waals surface area contributed by atoms with Crippen molar-refractivity contribution in [3.8, 4) is 5.75 Å². The number of benzene rings is 1. The molecule has 1 fully saturated rings. The van der Waals surface area contributed by atoms with Crippen LogP contribution in [0.5, 0.6) is 5.75 Å². The smallest absolute Gasteiger partial charge is 0.344 e. The van der Waals surface area contributed by atoms with E-state index in [-0.39, 0.29) is 11.7 Å². The van der Waals surface area contributed by atoms with Gasteiger partial charge in [-0.15, -0.1) is 0 Å². The highest BCUT2D eigenvalue weighted by Crippen LogP contribution is 2.45. The summed E-state index contributed by atoms with van der Waals surface area (Å²) >= 11 is 0. The molecule has 17 heavy (non-hydrogen) atoms. The molecule has 3 nitrogen and oxygen atoms in total. The minimum absolute atomic E-state index is 0.0798. The van der Waals surface area contributed by atoms with Crippen molar-refractivity contribution in [1.29, 1.82) is 0 Å². The number of hydrogen-bond acceptors (Lipinski definition) is 2. The highest BCUT2D eigenvalue weighted by atomic mass is 19.1. The average molecular weight is 242 g/mol. The Labute approximate surface area is 97.0 Å². The molecule has 0 bridgehead atoms. The first-order valence-corrected chi connectivity index (χ1v) is 5.37. The number of carboxylic acid groups (broad SMARTS) is 1. The number of ether oxygens (including phenoxy) is 1. The minimum atomic E-state index is -1.18. The van der Waals surface area contributed by atoms with Crippen LogP contribution in [0.4, 0.5) is 8.78 Å². The van der Waals surface area contributed by atoms with Crippen molar-refractivity contribution in [2.75, 3.05) is 0 Å². The van der Waals surface area contributed by atoms with E-state index in [9.17, 15) is 13.6 Å². The third-order valence-electron chi connectivity index (χ3n) is 2.70. The minimum Gasteiger partial charge on any atom is -0.479 e. The van der Waals surface area contributed by atoms with E-state index in [1.165, 1.54) is 13.0 Å². The topological polar surface area (TPSA) is 46.5 Å². The van der Waals surface area contributed by atoms with Crippen LogP contribution in [0.15, 0.2) is 12.1 Å². The monoisotopic (exact) mass is 242 g/mol. The molecule has 1 saturated carbocycles. The molecular weight excluding hydrogens is 230 g/mol. The predicted molar refractivity (Wildman–Crippen MR) is 56.1 cm³/mol. The molecular formula is C12H12F2O3. The van der Waals surface area contributed by atoms with E-state index in [0.717, 1.165) is 12.8 Å². The lowest BCUT2D eigenvalue weighted by Gasteiger charge is -2.15. The predicted octanol–water partition coefficient (Wildman–Crippen LogP) is 2.69. The molecule has 0 radical (unpaired) electrons. The molecule has 1 unspecified atom stereocenters. The van der Waals surface area contributed by atoms with Gasteiger partial charge < -0.3 is 9.84 Å². The van der Waals surface area contributed by atoms with Crippen LogP contribution in [0.25, 0.3) is 0 Å². The van der Waals surface area contributed by atoms with Crippen molar-refractivity contribution < 1.29 is 23.4 Å². The highest BCUT2D eigenvalue weighted by Gasteiger charge is 2.30. The van der Waals surface area contributed by atoms with Crippen LogP contribution in [0.1, 0.15) is 31.2 Å². The molecule has 0 amide bonds. The first-order chi connectivity index (χ1) is 7.99. The van der Waals surface area contributed by atoms with Gasteiger partial charge in [-0.1, -0.05) is 0 Å². The second-order valence-corrected chi connectivity index (χ2v) is 4.18. The van der Waals surface area contributed by atoms with E-state index in [1.807, 2.05) is 0 Å². The maximum absolute atomic E-state index is 13.6. The summed E-state index contributed by atoms with van der Waals surface area (Å²) in [5.41, 5.74) is 0.426. The van der Waals surface area contributed by atoms with Gasteiger partial charge in [0.15, 0.2) is 17.7 Å². The Bertz CT molecular complexity index is 455. The van der Waals surface area contributed by atoms with Crippen LogP contribution in [0.2, 0.25) is 0 Å². The van der Waals surface area contributed by atoms with Gasteiger partial charge in [-0.25, -0.2) is 13.6 Å². The molecule has 0 heterocycles. The van der Waals surface area contributed by atoms with E-state index in [2.05, 4.69) is 0 Å². The van der Waals surface area contributed by atoms with Gasteiger partial charge in [-0.05, 0) is 31.7 Å². The fourth-order valence-corrected chi connectivity index (χ4v) is 1.63. The summed E-state index contributed by atoms with van der Waals surface area (Å²) in [5, 5.41) is 8.71. The van der Waals surface area contributed by atoms with E-state index < -0.39 is 23.7 Å². The second kappa shape index (κ2) is 4.31. The van der Waals surface area contributed by atoms with Crippen LogP contribution in [-0.2, 0) is 4.79 Å². The van der Waals surface area contributed by atoms with Crippen LogP contribution in [0.3, 0.4) is 0 Å². The van der Waals surface area contributed by atoms with E-state index in [1.54, 1.807) is 0 Å². The molecule has 0 saturated heterocycles. The molecule has 1 aliphatic carbocycles. The third-order valence-corrected chi connectivity index (χ3v) is 2.70. The average Bonchev–Trinajstić information content (AvgIpc) is 3.04. The quantitative estimate of drug-likeness (QED) is 0.882. The molecule has 92 valence electrons. The summed E-state index contributed by atoms with van der Waals surface area (Å²) in [6, 6.07) is 1.92. The first-order valence-electron chi connectivity index (χ1n) is 5.37. The fraction of sp³-hybridized carbons (Fsp3) is 0.417. The van der Waals surface area contributed by atoms with Crippen molar-refractivity contribution in [3.63, 3.8) is 0 Å². The molecule has 1 aliphatic rings. The summed E-state index contributed by atoms with van der Waals surface area (Å²) < 4.78 is 31.7. The van der Waals surface area contributed by atoms with Crippen molar-refractivity contribution in [3.05, 3.63) is 29.3 Å². The maximum atomic E-state index is 13.6. The number of carbonyl (C=O) groups is 1. The SMILES string of the molecule is CC(Oc1c(F)cc(F)cc1C1CC1)C(=O)O. The standard InChI is InChI=1S/C12H12F2O3/c1-6(12(15)16)17-11-9(7-2-3-7)4-8(13)5-10(11)14/h4-7H,2-3H2,1H3,(H,15,16). The summed E-state index contributed by atoms with van der Waals surface area (Å²) in [5.74, 6) is -2.75. The molecule has 1 atom stereocenters. The Kier molecular flexibility index (Phi) is 3.00. The van der Waals surface area contributed by atoms with Crippen LogP contribution in [0, 0.1) is 11.6 Å². The van der Waals surface area contributed by atoms with Gasteiger partial charge in [-0.2, -0.15) is 0 Å². The largest absolute Gasteiger partial charge is 0.479 e. The van der Waals surface area contributed by atoms with Crippen LogP contribution < -0.4 is 4.74 Å². The van der Waals surface area contributed by atoms with Gasteiger partial charge in [0, 0.05) is 11.6 Å². The molecule has 1 aromatic carbocycles. The first kappa shape index (κ1) is 11.8. The second-order valence-electron chi connectivity index (χ2n) is 4.18. The molecule has 1 aromatic rings. The van der Waals surface area contributed by atoms with Crippen molar-refractivity contribution in [2.45, 2.75) is 31.8 Å². The summed E-state index contributed by atoms with van der Waals surface area (Å²) in [6.07, 6.45) is 0.536. The molecule has 1 N–H and O–H groups in total. The van der Waals surface area contributed by atoms with E-state index in [4.69, 9.17) is 9.84 Å². The maximum Gasteiger partial charge on any atom is 0.344 e. The zero-order valence-electron chi connectivity index (χ0n) is 9.24. The van der Waals surface area contributed by atoms with Gasteiger partial charge in [0.2, 0.25) is 0 Å². The Morgan fingerprint density at radius 1 is 1.47 bits per heavy atom. The Balaban J connectivity index is 2.34. The normalized spacial score (nSPS) is 16.6. The molecule has 0 spiro atoms. The number of rotatable bonds is 4. The highest BCUT2D eigenvalue weighted by molar-refractivity contribution is 5.72. The molecule has 0 aromatic heterocycles. The summed E-state index contributed by atoms with van der Waals surface area (Å²) in [4.78, 5) is 10.7. The Morgan fingerprint density at radius 2 is 2.12 bits per heavy atom. The van der Waals surface area contributed by atoms with Crippen molar-refractivity contribution in [2.24, 2.45) is 0 Å². The lowest BCUT2D eigenvalue weighted by Crippen LogP contribution is -2.24. The van der Waals surface area contributed by atoms with Crippen molar-refractivity contribution in [1.82, 2.24) is 0 Å². The van der Waals surface area contributed by atoms with Crippen molar-refractivity contribution >= 4 is 5.97 Å². The van der Waals surface area contributed by atoms with Gasteiger partial charge >= 0.3 is 5.97 Å². The summed E-state index contributed by atoms with van der Waals surface area (Å²) in [6.45, 7) is 1.31. The Hall–Kier alpha value is -1.65.